The molecule has 3 rings (SSSR count). The Morgan fingerprint density at radius 1 is 1.27 bits per heavy atom. The molecule has 0 aliphatic heterocycles. The molecule has 26 heavy (non-hydrogen) atoms. The summed E-state index contributed by atoms with van der Waals surface area (Å²) in [6.45, 7) is 3.89. The summed E-state index contributed by atoms with van der Waals surface area (Å²) in [4.78, 5) is 16.1. The number of carbonyl (C=O) groups is 1. The van der Waals surface area contributed by atoms with Gasteiger partial charge in [0, 0.05) is 0 Å². The van der Waals surface area contributed by atoms with Gasteiger partial charge in [0.15, 0.2) is 6.61 Å². The number of ether oxygens (including phenoxy) is 1. The highest BCUT2D eigenvalue weighted by Gasteiger charge is 2.11. The van der Waals surface area contributed by atoms with Gasteiger partial charge in [0.25, 0.3) is 5.91 Å². The van der Waals surface area contributed by atoms with Crippen LogP contribution in [0, 0.1) is 6.92 Å². The highest BCUT2D eigenvalue weighted by atomic mass is 79.9. The number of benzene rings is 2. The lowest BCUT2D eigenvalue weighted by molar-refractivity contribution is -0.123. The summed E-state index contributed by atoms with van der Waals surface area (Å²) < 4.78 is 8.10. The van der Waals surface area contributed by atoms with Gasteiger partial charge in [0.1, 0.15) is 18.4 Å². The summed E-state index contributed by atoms with van der Waals surface area (Å²) in [6.07, 6.45) is 3.13. The Morgan fingerprint density at radius 3 is 2.69 bits per heavy atom. The SMILES string of the molecule is Cc1ccc(OCC(=O)NC(C)c2ccc(-n3cncn3)cc2)c(Br)c1. The lowest BCUT2D eigenvalue weighted by Crippen LogP contribution is -2.31. The molecule has 1 N–H and O–H groups in total. The average molecular weight is 415 g/mol. The topological polar surface area (TPSA) is 69.0 Å². The Kier molecular flexibility index (Phi) is 5.68. The summed E-state index contributed by atoms with van der Waals surface area (Å²) >= 11 is 3.44. The van der Waals surface area contributed by atoms with Crippen LogP contribution in [0.25, 0.3) is 5.69 Å². The molecular formula is C19H19BrN4O2. The fourth-order valence-electron chi connectivity index (χ4n) is 2.49. The second kappa shape index (κ2) is 8.14. The lowest BCUT2D eigenvalue weighted by Gasteiger charge is -2.15. The number of nitrogens with one attached hydrogen (secondary N) is 1. The van der Waals surface area contributed by atoms with Gasteiger partial charge in [-0.2, -0.15) is 5.10 Å². The van der Waals surface area contributed by atoms with Gasteiger partial charge in [-0.15, -0.1) is 0 Å². The predicted octanol–water partition coefficient (Wildman–Crippen LogP) is 3.59. The van der Waals surface area contributed by atoms with Gasteiger partial charge in [-0.05, 0) is 65.2 Å². The maximum Gasteiger partial charge on any atom is 0.258 e. The molecule has 7 heteroatoms. The van der Waals surface area contributed by atoms with Crippen molar-refractivity contribution in [3.63, 3.8) is 0 Å². The summed E-state index contributed by atoms with van der Waals surface area (Å²) in [5.41, 5.74) is 3.03. The Balaban J connectivity index is 1.55. The molecule has 1 heterocycles. The summed E-state index contributed by atoms with van der Waals surface area (Å²) in [6, 6.07) is 13.4. The highest BCUT2D eigenvalue weighted by Crippen LogP contribution is 2.25. The van der Waals surface area contributed by atoms with E-state index in [1.54, 1.807) is 11.0 Å². The van der Waals surface area contributed by atoms with Crippen molar-refractivity contribution >= 4 is 21.8 Å². The van der Waals surface area contributed by atoms with E-state index in [4.69, 9.17) is 4.74 Å². The van der Waals surface area contributed by atoms with Crippen molar-refractivity contribution in [2.24, 2.45) is 0 Å². The minimum absolute atomic E-state index is 0.0386. The molecule has 0 radical (unpaired) electrons. The van der Waals surface area contributed by atoms with Crippen LogP contribution < -0.4 is 10.1 Å². The van der Waals surface area contributed by atoms with Gasteiger partial charge in [-0.3, -0.25) is 4.79 Å². The van der Waals surface area contributed by atoms with Crippen LogP contribution in [0.15, 0.2) is 59.6 Å². The molecule has 0 saturated carbocycles. The number of rotatable bonds is 6. The molecule has 0 aliphatic carbocycles. The molecular weight excluding hydrogens is 396 g/mol. The Labute approximate surface area is 160 Å². The molecule has 2 aromatic carbocycles. The van der Waals surface area contributed by atoms with Crippen molar-refractivity contribution in [3.05, 3.63) is 70.7 Å². The smallest absolute Gasteiger partial charge is 0.258 e. The zero-order valence-corrected chi connectivity index (χ0v) is 16.1. The number of halogens is 1. The molecule has 1 atom stereocenters. The summed E-state index contributed by atoms with van der Waals surface area (Å²) in [5.74, 6) is 0.473. The highest BCUT2D eigenvalue weighted by molar-refractivity contribution is 9.10. The van der Waals surface area contributed by atoms with Crippen molar-refractivity contribution in [2.75, 3.05) is 6.61 Å². The first kappa shape index (κ1) is 18.1. The number of carbonyl (C=O) groups excluding carboxylic acids is 1. The van der Waals surface area contributed by atoms with Gasteiger partial charge in [-0.1, -0.05) is 18.2 Å². The second-order valence-electron chi connectivity index (χ2n) is 5.94. The third-order valence-corrected chi connectivity index (χ3v) is 4.52. The molecule has 1 aromatic heterocycles. The maximum atomic E-state index is 12.2. The van der Waals surface area contributed by atoms with Crippen LogP contribution in [0.3, 0.4) is 0 Å². The molecule has 1 unspecified atom stereocenters. The third kappa shape index (κ3) is 4.49. The first-order valence-electron chi connectivity index (χ1n) is 8.16. The van der Waals surface area contributed by atoms with Crippen molar-refractivity contribution in [2.45, 2.75) is 19.9 Å². The van der Waals surface area contributed by atoms with Gasteiger partial charge >= 0.3 is 0 Å². The van der Waals surface area contributed by atoms with Crippen molar-refractivity contribution < 1.29 is 9.53 Å². The van der Waals surface area contributed by atoms with Crippen molar-refractivity contribution in [1.82, 2.24) is 20.1 Å². The number of nitrogens with zero attached hydrogens (tertiary/aromatic N) is 3. The van der Waals surface area contributed by atoms with Crippen LogP contribution in [-0.4, -0.2) is 27.3 Å². The summed E-state index contributed by atoms with van der Waals surface area (Å²) in [5, 5.41) is 7.03. The minimum atomic E-state index is -0.176. The number of hydrogen-bond donors (Lipinski definition) is 1. The number of aromatic nitrogens is 3. The van der Waals surface area contributed by atoms with E-state index in [1.807, 2.05) is 56.3 Å². The van der Waals surface area contributed by atoms with Crippen molar-refractivity contribution in [3.8, 4) is 11.4 Å². The van der Waals surface area contributed by atoms with Gasteiger partial charge in [0.05, 0.1) is 16.2 Å². The first-order chi connectivity index (χ1) is 12.5. The summed E-state index contributed by atoms with van der Waals surface area (Å²) in [7, 11) is 0. The van der Waals surface area contributed by atoms with Crippen LogP contribution >= 0.6 is 15.9 Å². The van der Waals surface area contributed by atoms with E-state index in [1.165, 1.54) is 6.33 Å². The van der Waals surface area contributed by atoms with Crippen LogP contribution in [0.4, 0.5) is 0 Å². The van der Waals surface area contributed by atoms with Crippen LogP contribution in [0.1, 0.15) is 24.1 Å². The predicted molar refractivity (Wildman–Crippen MR) is 102 cm³/mol. The van der Waals surface area contributed by atoms with Gasteiger partial charge in [0.2, 0.25) is 0 Å². The molecule has 0 aliphatic rings. The van der Waals surface area contributed by atoms with Crippen molar-refractivity contribution in [1.29, 1.82) is 0 Å². The zero-order valence-electron chi connectivity index (χ0n) is 14.5. The molecule has 0 spiro atoms. The largest absolute Gasteiger partial charge is 0.483 e. The standard InChI is InChI=1S/C19H19BrN4O2/c1-13-3-8-18(17(20)9-13)26-10-19(25)23-14(2)15-4-6-16(7-5-15)24-12-21-11-22-24/h3-9,11-12,14H,10H2,1-2H3,(H,23,25). The molecule has 134 valence electrons. The average Bonchev–Trinajstić information content (AvgIpc) is 3.16. The van der Waals surface area contributed by atoms with E-state index in [2.05, 4.69) is 31.3 Å². The maximum absolute atomic E-state index is 12.2. The van der Waals surface area contributed by atoms with Crippen LogP contribution in [-0.2, 0) is 4.79 Å². The fourth-order valence-corrected chi connectivity index (χ4v) is 3.10. The lowest BCUT2D eigenvalue weighted by atomic mass is 10.1. The Morgan fingerprint density at radius 2 is 2.04 bits per heavy atom. The van der Waals surface area contributed by atoms with E-state index >= 15 is 0 Å². The number of aryl methyl sites for hydroxylation is 1. The van der Waals surface area contributed by atoms with E-state index in [0.717, 1.165) is 21.3 Å². The van der Waals surface area contributed by atoms with Crippen LogP contribution in [0.5, 0.6) is 5.75 Å². The molecule has 3 aromatic rings. The molecule has 0 bridgehead atoms. The number of hydrogen-bond acceptors (Lipinski definition) is 4. The second-order valence-corrected chi connectivity index (χ2v) is 6.80. The quantitative estimate of drug-likeness (QED) is 0.668. The molecule has 0 saturated heterocycles. The monoisotopic (exact) mass is 414 g/mol. The Bertz CT molecular complexity index is 879. The van der Waals surface area contributed by atoms with Crippen LogP contribution in [0.2, 0.25) is 0 Å². The molecule has 1 amide bonds. The van der Waals surface area contributed by atoms with E-state index in [0.29, 0.717) is 5.75 Å². The van der Waals surface area contributed by atoms with Gasteiger partial charge in [-0.25, -0.2) is 9.67 Å². The number of amides is 1. The third-order valence-electron chi connectivity index (χ3n) is 3.90. The first-order valence-corrected chi connectivity index (χ1v) is 8.95. The minimum Gasteiger partial charge on any atom is -0.483 e. The van der Waals surface area contributed by atoms with E-state index < -0.39 is 0 Å². The normalized spacial score (nSPS) is 11.8. The molecule has 6 nitrogen and oxygen atoms in total. The fraction of sp³-hybridized carbons (Fsp3) is 0.211. The zero-order chi connectivity index (χ0) is 18.5. The molecule has 0 fully saturated rings. The van der Waals surface area contributed by atoms with E-state index in [9.17, 15) is 4.79 Å². The van der Waals surface area contributed by atoms with Gasteiger partial charge < -0.3 is 10.1 Å². The van der Waals surface area contributed by atoms with E-state index in [-0.39, 0.29) is 18.6 Å². The Hall–Kier alpha value is -2.67.